The van der Waals surface area contributed by atoms with Gasteiger partial charge in [-0.3, -0.25) is 14.4 Å². The summed E-state index contributed by atoms with van der Waals surface area (Å²) in [7, 11) is 0. The second-order valence-corrected chi connectivity index (χ2v) is 13.9. The van der Waals surface area contributed by atoms with Crippen LogP contribution in [0.5, 0.6) is 5.75 Å². The summed E-state index contributed by atoms with van der Waals surface area (Å²) in [6.07, 6.45) is 3.89. The SMILES string of the molecule is Cc1cc(C)c(C)c(OCCc2ccc(C3=C(C(=O)N(Cc4ccccc4F)C4CC4)[C@H]4CN(C(=O)CCCC(N)=O)C[C@@H](C3)N4)cc2)c1. The van der Waals surface area contributed by atoms with Crippen LogP contribution in [0.2, 0.25) is 0 Å². The van der Waals surface area contributed by atoms with Gasteiger partial charge in [-0.15, -0.1) is 0 Å². The van der Waals surface area contributed by atoms with Crippen molar-refractivity contribution in [3.63, 3.8) is 0 Å². The van der Waals surface area contributed by atoms with Crippen molar-refractivity contribution in [1.29, 1.82) is 0 Å². The molecule has 1 saturated heterocycles. The summed E-state index contributed by atoms with van der Waals surface area (Å²) < 4.78 is 21.0. The third-order valence-electron chi connectivity index (χ3n) is 10.1. The first-order chi connectivity index (χ1) is 23.6. The number of nitrogens with one attached hydrogen (secondary N) is 1. The quantitative estimate of drug-likeness (QED) is 0.249. The molecule has 2 heterocycles. The molecule has 0 radical (unpaired) electrons. The summed E-state index contributed by atoms with van der Waals surface area (Å²) in [6.45, 7) is 7.87. The van der Waals surface area contributed by atoms with Crippen LogP contribution < -0.4 is 15.8 Å². The van der Waals surface area contributed by atoms with Crippen LogP contribution in [0.15, 0.2) is 66.2 Å². The Bertz CT molecular complexity index is 1750. The van der Waals surface area contributed by atoms with Gasteiger partial charge in [0.15, 0.2) is 0 Å². The Morgan fingerprint density at radius 3 is 2.47 bits per heavy atom. The first-order valence-corrected chi connectivity index (χ1v) is 17.5. The molecule has 9 heteroatoms. The van der Waals surface area contributed by atoms with Gasteiger partial charge in [-0.2, -0.15) is 0 Å². The van der Waals surface area contributed by atoms with Crippen LogP contribution in [0.1, 0.15) is 71.9 Å². The summed E-state index contributed by atoms with van der Waals surface area (Å²) in [5.74, 6) is 0.0202. The molecule has 3 N–H and O–H groups in total. The number of piperazine rings is 1. The third kappa shape index (κ3) is 8.21. The van der Waals surface area contributed by atoms with Crippen molar-refractivity contribution >= 4 is 23.3 Å². The van der Waals surface area contributed by atoms with Gasteiger partial charge in [0.05, 0.1) is 12.6 Å². The third-order valence-corrected chi connectivity index (χ3v) is 10.1. The largest absolute Gasteiger partial charge is 0.493 e. The number of carbonyl (C=O) groups is 3. The molecule has 3 amide bonds. The van der Waals surface area contributed by atoms with Crippen molar-refractivity contribution in [2.45, 2.75) is 90.4 Å². The highest BCUT2D eigenvalue weighted by Crippen LogP contribution is 2.38. The molecule has 258 valence electrons. The van der Waals surface area contributed by atoms with E-state index in [0.717, 1.165) is 47.3 Å². The minimum absolute atomic E-state index is 0.0274. The first kappa shape index (κ1) is 34.4. The summed E-state index contributed by atoms with van der Waals surface area (Å²) in [5.41, 5.74) is 13.1. The van der Waals surface area contributed by atoms with Crippen molar-refractivity contribution < 1.29 is 23.5 Å². The maximum absolute atomic E-state index is 14.8. The van der Waals surface area contributed by atoms with Gasteiger partial charge in [0.2, 0.25) is 11.8 Å². The number of halogens is 1. The average Bonchev–Trinajstić information content (AvgIpc) is 3.91. The minimum atomic E-state index is -0.421. The molecular formula is C40H47FN4O4. The van der Waals surface area contributed by atoms with Crippen LogP contribution in [0.3, 0.4) is 0 Å². The fourth-order valence-corrected chi connectivity index (χ4v) is 7.16. The molecule has 2 aliphatic heterocycles. The zero-order valence-corrected chi connectivity index (χ0v) is 28.8. The van der Waals surface area contributed by atoms with E-state index in [2.05, 4.69) is 62.5 Å². The van der Waals surface area contributed by atoms with Gasteiger partial charge in [0, 0.05) is 62.1 Å². The second kappa shape index (κ2) is 14.9. The molecule has 3 aromatic rings. The fraction of sp³-hybridized carbons (Fsp3) is 0.425. The monoisotopic (exact) mass is 666 g/mol. The van der Waals surface area contributed by atoms with Gasteiger partial charge in [0.25, 0.3) is 5.91 Å². The van der Waals surface area contributed by atoms with E-state index in [1.165, 1.54) is 17.2 Å². The number of aryl methyl sites for hydroxylation is 2. The molecule has 2 fully saturated rings. The lowest BCUT2D eigenvalue weighted by atomic mass is 9.82. The molecule has 0 aromatic heterocycles. The number of fused-ring (bicyclic) bond motifs is 2. The molecule has 2 bridgehead atoms. The van der Waals surface area contributed by atoms with E-state index in [4.69, 9.17) is 10.5 Å². The van der Waals surface area contributed by atoms with Crippen molar-refractivity contribution in [2.75, 3.05) is 19.7 Å². The van der Waals surface area contributed by atoms with Crippen LogP contribution in [-0.2, 0) is 27.3 Å². The zero-order valence-electron chi connectivity index (χ0n) is 28.8. The maximum Gasteiger partial charge on any atom is 0.252 e. The van der Waals surface area contributed by atoms with Gasteiger partial charge >= 0.3 is 0 Å². The Morgan fingerprint density at radius 1 is 1.00 bits per heavy atom. The standard InChI is InChI=1S/C40H47FN4O4/c1-25-19-26(2)27(3)36(20-25)49-18-17-28-11-13-29(14-12-28)33-21-31-23-44(38(47)10-6-9-37(42)46)24-35(43-31)39(33)40(48)45(32-15-16-32)22-30-7-4-5-8-34(30)41/h4-5,7-8,11-14,19-20,31-32,35,43H,6,9-10,15-18,21-24H2,1-3H3,(H2,42,46)/t31-,35-/m1/s1. The lowest BCUT2D eigenvalue weighted by Gasteiger charge is -2.45. The summed E-state index contributed by atoms with van der Waals surface area (Å²) in [4.78, 5) is 42.8. The number of amides is 3. The molecule has 1 saturated carbocycles. The van der Waals surface area contributed by atoms with Gasteiger partial charge in [-0.05, 0) is 92.0 Å². The highest BCUT2D eigenvalue weighted by molar-refractivity contribution is 6.03. The van der Waals surface area contributed by atoms with Crippen molar-refractivity contribution in [2.24, 2.45) is 5.73 Å². The van der Waals surface area contributed by atoms with Gasteiger partial charge in [-0.1, -0.05) is 48.5 Å². The molecule has 2 atom stereocenters. The number of hydrogen-bond donors (Lipinski definition) is 2. The number of nitrogens with two attached hydrogens (primary N) is 1. The summed E-state index contributed by atoms with van der Waals surface area (Å²) in [5, 5.41) is 3.64. The number of carbonyl (C=O) groups excluding carboxylic acids is 3. The number of primary amides is 1. The number of nitrogens with zero attached hydrogens (tertiary/aromatic N) is 2. The molecule has 3 aromatic carbocycles. The van der Waals surface area contributed by atoms with E-state index in [1.807, 2.05) is 9.80 Å². The van der Waals surface area contributed by atoms with Gasteiger partial charge < -0.3 is 25.6 Å². The van der Waals surface area contributed by atoms with E-state index in [0.29, 0.717) is 43.7 Å². The van der Waals surface area contributed by atoms with Crippen LogP contribution in [0.4, 0.5) is 4.39 Å². The Kier molecular flexibility index (Phi) is 10.5. The molecule has 3 aliphatic rings. The molecular weight excluding hydrogens is 619 g/mol. The Hall–Kier alpha value is -4.50. The molecule has 0 unspecified atom stereocenters. The maximum atomic E-state index is 14.8. The molecule has 6 rings (SSSR count). The zero-order chi connectivity index (χ0) is 34.7. The van der Waals surface area contributed by atoms with Crippen molar-refractivity contribution in [1.82, 2.24) is 15.1 Å². The predicted molar refractivity (Wildman–Crippen MR) is 188 cm³/mol. The van der Waals surface area contributed by atoms with Crippen LogP contribution in [0.25, 0.3) is 5.57 Å². The fourth-order valence-electron chi connectivity index (χ4n) is 7.16. The molecule has 49 heavy (non-hydrogen) atoms. The second-order valence-electron chi connectivity index (χ2n) is 13.9. The van der Waals surface area contributed by atoms with E-state index >= 15 is 0 Å². The predicted octanol–water partition coefficient (Wildman–Crippen LogP) is 5.55. The highest BCUT2D eigenvalue weighted by atomic mass is 19.1. The Morgan fingerprint density at radius 2 is 1.76 bits per heavy atom. The van der Waals surface area contributed by atoms with Crippen LogP contribution in [-0.4, -0.2) is 65.3 Å². The number of rotatable bonds is 13. The average molecular weight is 667 g/mol. The number of ether oxygens (including phenoxy) is 1. The normalized spacial score (nSPS) is 18.7. The van der Waals surface area contributed by atoms with Crippen molar-refractivity contribution in [3.8, 4) is 5.75 Å². The lowest BCUT2D eigenvalue weighted by molar-refractivity contribution is -0.134. The van der Waals surface area contributed by atoms with E-state index in [-0.39, 0.29) is 55.1 Å². The first-order valence-electron chi connectivity index (χ1n) is 17.5. The van der Waals surface area contributed by atoms with E-state index < -0.39 is 5.91 Å². The van der Waals surface area contributed by atoms with Gasteiger partial charge in [0.1, 0.15) is 11.6 Å². The van der Waals surface area contributed by atoms with Crippen molar-refractivity contribution in [3.05, 3.63) is 105 Å². The number of hydrogen-bond acceptors (Lipinski definition) is 5. The summed E-state index contributed by atoms with van der Waals surface area (Å²) in [6, 6.07) is 18.9. The van der Waals surface area contributed by atoms with Crippen LogP contribution in [0, 0.1) is 26.6 Å². The minimum Gasteiger partial charge on any atom is -0.493 e. The smallest absolute Gasteiger partial charge is 0.252 e. The Balaban J connectivity index is 1.25. The Labute approximate surface area is 288 Å². The van der Waals surface area contributed by atoms with E-state index in [9.17, 15) is 18.8 Å². The van der Waals surface area contributed by atoms with E-state index in [1.54, 1.807) is 18.2 Å². The topological polar surface area (TPSA) is 105 Å². The molecule has 0 spiro atoms. The summed E-state index contributed by atoms with van der Waals surface area (Å²) >= 11 is 0. The number of benzene rings is 3. The highest BCUT2D eigenvalue weighted by Gasteiger charge is 2.43. The molecule has 8 nitrogen and oxygen atoms in total. The molecule has 1 aliphatic carbocycles. The van der Waals surface area contributed by atoms with Crippen LogP contribution >= 0.6 is 0 Å². The van der Waals surface area contributed by atoms with Gasteiger partial charge in [-0.25, -0.2) is 4.39 Å². The lowest BCUT2D eigenvalue weighted by Crippen LogP contribution is -2.62.